The van der Waals surface area contributed by atoms with Gasteiger partial charge in [0.2, 0.25) is 0 Å². The lowest BCUT2D eigenvalue weighted by Crippen LogP contribution is -2.12. The van der Waals surface area contributed by atoms with Crippen molar-refractivity contribution in [3.8, 4) is 0 Å². The predicted octanol–water partition coefficient (Wildman–Crippen LogP) is 3.85. The van der Waals surface area contributed by atoms with Crippen molar-refractivity contribution in [2.24, 2.45) is 0 Å². The molecular formula is C13H15ClF2N2S. The summed E-state index contributed by atoms with van der Waals surface area (Å²) in [5.74, 6) is -0.0988. The molecule has 0 aliphatic heterocycles. The Hall–Kier alpha value is -0.810. The molecule has 2 aromatic rings. The number of hydrogen-bond acceptors (Lipinski definition) is 2. The summed E-state index contributed by atoms with van der Waals surface area (Å²) in [6.45, 7) is 2.73. The lowest BCUT2D eigenvalue weighted by atomic mass is 10.3. The summed E-state index contributed by atoms with van der Waals surface area (Å²) in [6.07, 6.45) is 2.55. The van der Waals surface area contributed by atoms with Gasteiger partial charge in [0.1, 0.15) is 17.2 Å². The number of benzene rings is 1. The Bertz CT molecular complexity index is 586. The molecule has 1 heterocycles. The van der Waals surface area contributed by atoms with Gasteiger partial charge in [-0.1, -0.05) is 6.92 Å². The second-order valence-corrected chi connectivity index (χ2v) is 6.03. The van der Waals surface area contributed by atoms with E-state index in [1.54, 1.807) is 11.8 Å². The Balaban J connectivity index is 2.58. The highest BCUT2D eigenvalue weighted by Crippen LogP contribution is 2.23. The second kappa shape index (κ2) is 6.09. The van der Waals surface area contributed by atoms with E-state index in [1.807, 2.05) is 10.8 Å². The number of alkyl halides is 1. The van der Waals surface area contributed by atoms with E-state index in [4.69, 9.17) is 11.6 Å². The molecule has 2 rings (SSSR count). The molecule has 1 unspecified atom stereocenters. The molecule has 1 aromatic heterocycles. The number of rotatable bonds is 5. The number of aryl methyl sites for hydroxylation is 1. The van der Waals surface area contributed by atoms with E-state index >= 15 is 0 Å². The quantitative estimate of drug-likeness (QED) is 0.781. The minimum Gasteiger partial charge on any atom is -0.327 e. The maximum absolute atomic E-state index is 13.7. The highest BCUT2D eigenvalue weighted by atomic mass is 35.5. The van der Waals surface area contributed by atoms with Crippen LogP contribution in [-0.2, 0) is 13.0 Å². The lowest BCUT2D eigenvalue weighted by Gasteiger charge is -2.13. The summed E-state index contributed by atoms with van der Waals surface area (Å²) >= 11 is 7.45. The summed E-state index contributed by atoms with van der Waals surface area (Å²) in [5, 5.41) is 0.331. The molecule has 0 saturated carbocycles. The van der Waals surface area contributed by atoms with Gasteiger partial charge in [0.15, 0.2) is 5.82 Å². The number of nitrogens with zero attached hydrogens (tertiary/aromatic N) is 2. The van der Waals surface area contributed by atoms with Crippen LogP contribution < -0.4 is 0 Å². The van der Waals surface area contributed by atoms with Crippen LogP contribution in [0.25, 0.3) is 11.0 Å². The standard InChI is InChI=1S/C13H15ClF2N2S/c1-8(19-2)7-18-11-6-9(15)5-10(16)13(11)17-12(18)3-4-14/h5-6,8H,3-4,7H2,1-2H3. The van der Waals surface area contributed by atoms with Crippen molar-refractivity contribution in [3.05, 3.63) is 29.6 Å². The molecule has 0 amide bonds. The van der Waals surface area contributed by atoms with Crippen molar-refractivity contribution < 1.29 is 8.78 Å². The smallest absolute Gasteiger partial charge is 0.153 e. The van der Waals surface area contributed by atoms with E-state index in [-0.39, 0.29) is 5.52 Å². The monoisotopic (exact) mass is 304 g/mol. The Morgan fingerprint density at radius 3 is 2.79 bits per heavy atom. The molecule has 0 N–H and O–H groups in total. The molecule has 2 nitrogen and oxygen atoms in total. The van der Waals surface area contributed by atoms with Gasteiger partial charge in [0, 0.05) is 30.2 Å². The van der Waals surface area contributed by atoms with E-state index in [0.717, 1.165) is 6.07 Å². The second-order valence-electron chi connectivity index (χ2n) is 4.38. The van der Waals surface area contributed by atoms with E-state index in [2.05, 4.69) is 11.9 Å². The number of aromatic nitrogens is 2. The predicted molar refractivity (Wildman–Crippen MR) is 77.1 cm³/mol. The van der Waals surface area contributed by atoms with Gasteiger partial charge in [-0.3, -0.25) is 0 Å². The van der Waals surface area contributed by atoms with E-state index in [1.165, 1.54) is 6.07 Å². The normalized spacial score (nSPS) is 13.1. The molecule has 1 atom stereocenters. The fourth-order valence-electron chi connectivity index (χ4n) is 2.01. The van der Waals surface area contributed by atoms with Crippen molar-refractivity contribution in [3.63, 3.8) is 0 Å². The van der Waals surface area contributed by atoms with Gasteiger partial charge in [-0.25, -0.2) is 13.8 Å². The third-order valence-electron chi connectivity index (χ3n) is 3.01. The van der Waals surface area contributed by atoms with Crippen LogP contribution >= 0.6 is 23.4 Å². The fourth-order valence-corrected chi connectivity index (χ4v) is 2.48. The molecule has 0 saturated heterocycles. The minimum atomic E-state index is -0.624. The number of halogens is 3. The average Bonchev–Trinajstić information content (AvgIpc) is 2.69. The molecule has 104 valence electrons. The van der Waals surface area contributed by atoms with Crippen LogP contribution in [0.1, 0.15) is 12.7 Å². The zero-order valence-electron chi connectivity index (χ0n) is 10.8. The Kier molecular flexibility index (Phi) is 4.68. The third-order valence-corrected chi connectivity index (χ3v) is 4.15. The molecule has 0 aliphatic rings. The van der Waals surface area contributed by atoms with Gasteiger partial charge >= 0.3 is 0 Å². The van der Waals surface area contributed by atoms with Gasteiger partial charge in [-0.15, -0.1) is 11.6 Å². The van der Waals surface area contributed by atoms with Gasteiger partial charge in [0.25, 0.3) is 0 Å². The molecule has 1 aromatic carbocycles. The van der Waals surface area contributed by atoms with Crippen molar-refractivity contribution in [1.29, 1.82) is 0 Å². The molecule has 0 radical (unpaired) electrons. The van der Waals surface area contributed by atoms with E-state index in [9.17, 15) is 8.78 Å². The largest absolute Gasteiger partial charge is 0.327 e. The first-order valence-corrected chi connectivity index (χ1v) is 7.82. The first kappa shape index (κ1) is 14.6. The van der Waals surface area contributed by atoms with E-state index in [0.29, 0.717) is 35.4 Å². The van der Waals surface area contributed by atoms with Crippen molar-refractivity contribution in [2.45, 2.75) is 25.1 Å². The SMILES string of the molecule is CSC(C)Cn1c(CCCl)nc2c(F)cc(F)cc21. The minimum absolute atomic E-state index is 0.217. The number of fused-ring (bicyclic) bond motifs is 1. The third kappa shape index (κ3) is 3.03. The number of hydrogen-bond donors (Lipinski definition) is 0. The number of imidazole rings is 1. The fraction of sp³-hybridized carbons (Fsp3) is 0.462. The molecular weight excluding hydrogens is 290 g/mol. The summed E-state index contributed by atoms with van der Waals surface area (Å²) in [5.41, 5.74) is 0.716. The molecule has 0 spiro atoms. The highest BCUT2D eigenvalue weighted by molar-refractivity contribution is 7.99. The first-order chi connectivity index (χ1) is 9.06. The van der Waals surface area contributed by atoms with Crippen molar-refractivity contribution in [1.82, 2.24) is 9.55 Å². The molecule has 19 heavy (non-hydrogen) atoms. The first-order valence-electron chi connectivity index (χ1n) is 5.99. The number of thioether (sulfide) groups is 1. The van der Waals surface area contributed by atoms with Crippen molar-refractivity contribution in [2.75, 3.05) is 12.1 Å². The molecule has 0 bridgehead atoms. The van der Waals surface area contributed by atoms with Gasteiger partial charge in [0.05, 0.1) is 5.52 Å². The Morgan fingerprint density at radius 1 is 1.42 bits per heavy atom. The molecule has 0 aliphatic carbocycles. The van der Waals surface area contributed by atoms with Crippen LogP contribution in [0, 0.1) is 11.6 Å². The van der Waals surface area contributed by atoms with Crippen LogP contribution in [0.2, 0.25) is 0 Å². The van der Waals surface area contributed by atoms with Gasteiger partial charge in [-0.05, 0) is 12.3 Å². The van der Waals surface area contributed by atoms with Crippen LogP contribution in [0.5, 0.6) is 0 Å². The van der Waals surface area contributed by atoms with Crippen molar-refractivity contribution >= 4 is 34.4 Å². The maximum atomic E-state index is 13.7. The Morgan fingerprint density at radius 2 is 2.16 bits per heavy atom. The summed E-state index contributed by atoms with van der Waals surface area (Å²) in [7, 11) is 0. The average molecular weight is 305 g/mol. The van der Waals surface area contributed by atoms with Crippen LogP contribution in [0.15, 0.2) is 12.1 Å². The summed E-state index contributed by atoms with van der Waals surface area (Å²) < 4.78 is 29.0. The van der Waals surface area contributed by atoms with Gasteiger partial charge < -0.3 is 4.57 Å². The zero-order valence-corrected chi connectivity index (χ0v) is 12.4. The van der Waals surface area contributed by atoms with E-state index < -0.39 is 11.6 Å². The Labute approximate surface area is 120 Å². The summed E-state index contributed by atoms with van der Waals surface area (Å²) in [4.78, 5) is 4.26. The van der Waals surface area contributed by atoms with Gasteiger partial charge in [-0.2, -0.15) is 11.8 Å². The topological polar surface area (TPSA) is 17.8 Å². The highest BCUT2D eigenvalue weighted by Gasteiger charge is 2.16. The lowest BCUT2D eigenvalue weighted by molar-refractivity contribution is 0.589. The van der Waals surface area contributed by atoms with Crippen LogP contribution in [-0.4, -0.2) is 26.9 Å². The van der Waals surface area contributed by atoms with Crippen LogP contribution in [0.3, 0.4) is 0 Å². The van der Waals surface area contributed by atoms with Crippen LogP contribution in [0.4, 0.5) is 8.78 Å². The molecule has 0 fully saturated rings. The summed E-state index contributed by atoms with van der Waals surface area (Å²) in [6, 6.07) is 2.19. The molecule has 6 heteroatoms. The maximum Gasteiger partial charge on any atom is 0.153 e. The zero-order chi connectivity index (χ0) is 14.0.